The molecule has 5 aliphatic heterocycles. The maximum Gasteiger partial charge on any atom is 0.282 e. The number of carbonyl (C=O) groups excluding carboxylic acids is 2. The second-order valence-electron chi connectivity index (χ2n) is 13.1. The first-order chi connectivity index (χ1) is 22.7. The number of alkyl halides is 1. The summed E-state index contributed by atoms with van der Waals surface area (Å²) >= 11 is 1.90. The number of amides is 2. The first-order valence-electron chi connectivity index (χ1n) is 16.2. The molecular formula is C34H39F2N7O3S. The summed E-state index contributed by atoms with van der Waals surface area (Å²) in [5, 5.41) is 9.65. The first kappa shape index (κ1) is 31.7. The van der Waals surface area contributed by atoms with Crippen molar-refractivity contribution in [2.75, 3.05) is 67.3 Å². The van der Waals surface area contributed by atoms with Crippen molar-refractivity contribution >= 4 is 40.6 Å². The summed E-state index contributed by atoms with van der Waals surface area (Å²) in [5.41, 5.74) is 5.73. The number of likely N-dealkylation sites (tertiary alicyclic amines) is 1. The maximum atomic E-state index is 14.2. The molecule has 0 saturated carbocycles. The molecule has 1 unspecified atom stereocenters. The highest BCUT2D eigenvalue weighted by Crippen LogP contribution is 2.49. The van der Waals surface area contributed by atoms with Crippen molar-refractivity contribution < 1.29 is 23.1 Å². The van der Waals surface area contributed by atoms with Gasteiger partial charge < -0.3 is 24.3 Å². The van der Waals surface area contributed by atoms with Gasteiger partial charge in [-0.25, -0.2) is 13.8 Å². The Balaban J connectivity index is 1.31. The number of halogens is 2. The number of ether oxygens (including phenoxy) is 1. The van der Waals surface area contributed by atoms with Crippen LogP contribution in [-0.2, 0) is 29.0 Å². The van der Waals surface area contributed by atoms with Gasteiger partial charge >= 0.3 is 0 Å². The van der Waals surface area contributed by atoms with E-state index in [0.717, 1.165) is 42.1 Å². The molecule has 1 aromatic heterocycles. The van der Waals surface area contributed by atoms with Crippen LogP contribution in [0.15, 0.2) is 35.5 Å². The van der Waals surface area contributed by atoms with Crippen molar-refractivity contribution in [3.05, 3.63) is 47.4 Å². The minimum Gasteiger partial charge on any atom is -0.474 e. The van der Waals surface area contributed by atoms with Crippen LogP contribution in [0.25, 0.3) is 0 Å². The van der Waals surface area contributed by atoms with E-state index < -0.39 is 30.0 Å². The summed E-state index contributed by atoms with van der Waals surface area (Å²) in [6, 6.07) is 7.07. The minimum absolute atomic E-state index is 0.0266. The minimum atomic E-state index is -1.12. The van der Waals surface area contributed by atoms with Crippen molar-refractivity contribution in [2.45, 2.75) is 67.8 Å². The van der Waals surface area contributed by atoms with Crippen molar-refractivity contribution in [1.82, 2.24) is 14.8 Å². The van der Waals surface area contributed by atoms with Crippen molar-refractivity contribution in [2.24, 2.45) is 0 Å². The lowest BCUT2D eigenvalue weighted by Crippen LogP contribution is -2.66. The zero-order valence-corrected chi connectivity index (χ0v) is 27.6. The van der Waals surface area contributed by atoms with E-state index in [1.54, 1.807) is 7.05 Å². The Morgan fingerprint density at radius 1 is 1.19 bits per heavy atom. The molecule has 248 valence electrons. The third kappa shape index (κ3) is 5.59. The molecule has 0 radical (unpaired) electrons. The standard InChI is InChI=1S/C34H39F2N7O3S/c1-20(35)33(44)42-18-28-34(45)40(3)30-29(43(28)16-23(42)9-11-37)25-10-12-41(27-8-4-6-21-7-5-13-47-31(21)27)17-26(25)38-32(30)46-19-24-14-22(36)15-39(24)2/h4,6,8,22-24,28H,1,5,7,9-10,12-19H2,2-3H3/t22-,23+,24+,28?/m1/s1. The number of aryl methyl sites for hydroxylation is 1. The van der Waals surface area contributed by atoms with Crippen LogP contribution in [-0.4, -0.2) is 104 Å². The zero-order valence-electron chi connectivity index (χ0n) is 26.8. The molecule has 2 aromatic rings. The molecule has 0 N–H and O–H groups in total. The van der Waals surface area contributed by atoms with Gasteiger partial charge in [-0.2, -0.15) is 5.26 Å². The fourth-order valence-corrected chi connectivity index (χ4v) is 9.00. The van der Waals surface area contributed by atoms with E-state index >= 15 is 0 Å². The van der Waals surface area contributed by atoms with E-state index in [1.165, 1.54) is 25.9 Å². The molecule has 2 saturated heterocycles. The van der Waals surface area contributed by atoms with Gasteiger partial charge in [-0.05, 0) is 50.1 Å². The molecule has 10 nitrogen and oxygen atoms in total. The van der Waals surface area contributed by atoms with Gasteiger partial charge in [-0.3, -0.25) is 14.5 Å². The number of fused-ring (bicyclic) bond motifs is 6. The first-order valence-corrected chi connectivity index (χ1v) is 17.2. The maximum absolute atomic E-state index is 14.2. The highest BCUT2D eigenvalue weighted by molar-refractivity contribution is 7.99. The van der Waals surface area contributed by atoms with Crippen LogP contribution in [0.1, 0.15) is 36.1 Å². The molecule has 4 atom stereocenters. The smallest absolute Gasteiger partial charge is 0.282 e. The number of anilines is 3. The van der Waals surface area contributed by atoms with Gasteiger partial charge in [0.1, 0.15) is 24.5 Å². The summed E-state index contributed by atoms with van der Waals surface area (Å²) in [5.74, 6) is -0.914. The third-order valence-corrected chi connectivity index (χ3v) is 11.5. The Labute approximate surface area is 277 Å². The highest BCUT2D eigenvalue weighted by Gasteiger charge is 2.48. The van der Waals surface area contributed by atoms with E-state index in [1.807, 2.05) is 28.6 Å². The van der Waals surface area contributed by atoms with Crippen LogP contribution >= 0.6 is 11.8 Å². The molecule has 7 rings (SSSR count). The number of thioether (sulfide) groups is 1. The van der Waals surface area contributed by atoms with Gasteiger partial charge in [0.15, 0.2) is 5.83 Å². The van der Waals surface area contributed by atoms with E-state index in [4.69, 9.17) is 9.72 Å². The van der Waals surface area contributed by atoms with Gasteiger partial charge in [-0.15, -0.1) is 11.8 Å². The second kappa shape index (κ2) is 12.6. The SMILES string of the molecule is C=C(F)C(=O)N1CC2C(=O)N(C)c3c(OC[C@@H]4C[C@@H](F)CN4C)nc4c(c3N2C[C@@H]1CC#N)CCN(c1cccc2c1SCCC2)C4. The molecule has 2 fully saturated rings. The van der Waals surface area contributed by atoms with Gasteiger partial charge in [0, 0.05) is 43.2 Å². The summed E-state index contributed by atoms with van der Waals surface area (Å²) in [7, 11) is 3.55. The van der Waals surface area contributed by atoms with Crippen LogP contribution in [0.3, 0.4) is 0 Å². The Kier molecular flexibility index (Phi) is 8.51. The summed E-state index contributed by atoms with van der Waals surface area (Å²) < 4.78 is 34.8. The largest absolute Gasteiger partial charge is 0.474 e. The van der Waals surface area contributed by atoms with Crippen LogP contribution in [0.4, 0.5) is 25.8 Å². The number of likely N-dealkylation sites (N-methyl/N-ethyl adjacent to an activating group) is 2. The van der Waals surface area contributed by atoms with E-state index in [-0.39, 0.29) is 38.1 Å². The topological polar surface area (TPSA) is 96.3 Å². The fraction of sp³-hybridized carbons (Fsp3) is 0.529. The van der Waals surface area contributed by atoms with Crippen LogP contribution in [0.5, 0.6) is 5.88 Å². The Morgan fingerprint density at radius 3 is 2.77 bits per heavy atom. The van der Waals surface area contributed by atoms with E-state index in [0.29, 0.717) is 37.5 Å². The van der Waals surface area contributed by atoms with Crippen LogP contribution in [0, 0.1) is 11.3 Å². The number of rotatable bonds is 6. The number of nitrogens with zero attached hydrogens (tertiary/aromatic N) is 7. The summed E-state index contributed by atoms with van der Waals surface area (Å²) in [6.45, 7) is 5.11. The van der Waals surface area contributed by atoms with Gasteiger partial charge in [0.25, 0.3) is 11.8 Å². The average Bonchev–Trinajstić information content (AvgIpc) is 3.40. The number of benzene rings is 1. The number of aromatic nitrogens is 1. The van der Waals surface area contributed by atoms with Gasteiger partial charge in [-0.1, -0.05) is 18.7 Å². The zero-order chi connectivity index (χ0) is 33.0. The Bertz CT molecular complexity index is 1670. The van der Waals surface area contributed by atoms with Crippen molar-refractivity contribution in [3.63, 3.8) is 0 Å². The molecule has 2 amide bonds. The van der Waals surface area contributed by atoms with Crippen LogP contribution in [0.2, 0.25) is 0 Å². The molecular weight excluding hydrogens is 624 g/mol. The molecule has 1 aromatic carbocycles. The molecule has 6 heterocycles. The van der Waals surface area contributed by atoms with E-state index in [9.17, 15) is 23.6 Å². The van der Waals surface area contributed by atoms with Gasteiger partial charge in [0.2, 0.25) is 5.88 Å². The van der Waals surface area contributed by atoms with Crippen molar-refractivity contribution in [1.29, 1.82) is 5.26 Å². The lowest BCUT2D eigenvalue weighted by Gasteiger charge is -2.51. The number of carbonyl (C=O) groups is 2. The molecule has 13 heteroatoms. The molecule has 47 heavy (non-hydrogen) atoms. The second-order valence-corrected chi connectivity index (χ2v) is 14.2. The molecule has 0 spiro atoms. The number of pyridine rings is 1. The van der Waals surface area contributed by atoms with Gasteiger partial charge in [0.05, 0.1) is 48.7 Å². The lowest BCUT2D eigenvalue weighted by atomic mass is 9.93. The fourth-order valence-electron chi connectivity index (χ4n) is 7.81. The summed E-state index contributed by atoms with van der Waals surface area (Å²) in [4.78, 5) is 42.3. The molecule has 0 bridgehead atoms. The Morgan fingerprint density at radius 2 is 2.02 bits per heavy atom. The van der Waals surface area contributed by atoms with Crippen molar-refractivity contribution in [3.8, 4) is 11.9 Å². The highest BCUT2D eigenvalue weighted by atomic mass is 32.2. The quantitative estimate of drug-likeness (QED) is 0.427. The number of piperazine rings is 1. The number of hydrogen-bond donors (Lipinski definition) is 0. The Hall–Kier alpha value is -3.89. The molecule has 5 aliphatic rings. The predicted octanol–water partition coefficient (Wildman–Crippen LogP) is 3.86. The monoisotopic (exact) mass is 663 g/mol. The normalized spacial score (nSPS) is 25.5. The van der Waals surface area contributed by atoms with Crippen LogP contribution < -0.4 is 19.4 Å². The third-order valence-electron chi connectivity index (χ3n) is 10.2. The summed E-state index contributed by atoms with van der Waals surface area (Å²) in [6.07, 6.45) is 2.29. The van der Waals surface area contributed by atoms with E-state index in [2.05, 4.69) is 35.7 Å². The number of nitriles is 1. The predicted molar refractivity (Wildman–Crippen MR) is 176 cm³/mol. The molecule has 0 aliphatic carbocycles. The number of hydrogen-bond acceptors (Lipinski definition) is 9. The lowest BCUT2D eigenvalue weighted by molar-refractivity contribution is -0.133. The average molecular weight is 664 g/mol.